The third-order valence-corrected chi connectivity index (χ3v) is 2.12. The third-order valence-electron chi connectivity index (χ3n) is 2.12. The summed E-state index contributed by atoms with van der Waals surface area (Å²) < 4.78 is 0. The number of hydrogen-bond donors (Lipinski definition) is 3. The molecule has 0 spiro atoms. The quantitative estimate of drug-likeness (QED) is 0.563. The molecule has 0 aromatic carbocycles. The van der Waals surface area contributed by atoms with E-state index in [0.717, 1.165) is 0 Å². The van der Waals surface area contributed by atoms with Gasteiger partial charge in [0.15, 0.2) is 0 Å². The van der Waals surface area contributed by atoms with Crippen LogP contribution in [0, 0.1) is 0 Å². The molecule has 4 nitrogen and oxygen atoms in total. The summed E-state index contributed by atoms with van der Waals surface area (Å²) in [6, 6.07) is 0. The number of carbonyl (C=O) groups excluding carboxylic acids is 1. The van der Waals surface area contributed by atoms with E-state index in [9.17, 15) is 9.90 Å². The predicted octanol–water partition coefficient (Wildman–Crippen LogP) is -0.128. The fourth-order valence-corrected chi connectivity index (χ4v) is 0.715. The summed E-state index contributed by atoms with van der Waals surface area (Å²) >= 11 is 0. The Morgan fingerprint density at radius 1 is 1.54 bits per heavy atom. The number of aliphatic hydroxyl groups excluding tert-OH is 1. The highest BCUT2D eigenvalue weighted by Crippen LogP contribution is 2.06. The first-order chi connectivity index (χ1) is 5.90. The molecule has 1 amide bonds. The van der Waals surface area contributed by atoms with Gasteiger partial charge < -0.3 is 15.7 Å². The van der Waals surface area contributed by atoms with Gasteiger partial charge in [-0.15, -0.1) is 0 Å². The number of likely N-dealkylation sites (N-methyl/N-ethyl adjacent to an activating group) is 1. The molecule has 1 unspecified atom stereocenters. The molecular weight excluding hydrogens is 168 g/mol. The van der Waals surface area contributed by atoms with Crippen LogP contribution in [0.25, 0.3) is 0 Å². The van der Waals surface area contributed by atoms with Crippen LogP contribution < -0.4 is 10.6 Å². The van der Waals surface area contributed by atoms with Crippen LogP contribution in [0.1, 0.15) is 27.7 Å². The summed E-state index contributed by atoms with van der Waals surface area (Å²) in [5.41, 5.74) is -0.426. The van der Waals surface area contributed by atoms with E-state index in [4.69, 9.17) is 0 Å². The Kier molecular flexibility index (Phi) is 4.95. The van der Waals surface area contributed by atoms with Crippen molar-refractivity contribution in [3.63, 3.8) is 0 Å². The monoisotopic (exact) mass is 188 g/mol. The zero-order valence-electron chi connectivity index (χ0n) is 8.85. The van der Waals surface area contributed by atoms with Gasteiger partial charge >= 0.3 is 0 Å². The Hall–Kier alpha value is -0.610. The fraction of sp³-hybridized carbons (Fsp3) is 0.889. The molecule has 13 heavy (non-hydrogen) atoms. The van der Waals surface area contributed by atoms with Crippen LogP contribution in [0.4, 0.5) is 0 Å². The lowest BCUT2D eigenvalue weighted by Gasteiger charge is -2.29. The predicted molar refractivity (Wildman–Crippen MR) is 52.4 cm³/mol. The van der Waals surface area contributed by atoms with E-state index in [2.05, 4.69) is 10.6 Å². The summed E-state index contributed by atoms with van der Waals surface area (Å²) in [7, 11) is 0. The van der Waals surface area contributed by atoms with Gasteiger partial charge in [-0.25, -0.2) is 0 Å². The molecule has 0 aliphatic carbocycles. The fourth-order valence-electron chi connectivity index (χ4n) is 0.715. The standard InChI is InChI=1S/C9H20N2O2/c1-5-10-8(13)6-11-9(3,4)7(2)12/h7,11-12H,5-6H2,1-4H3,(H,10,13). The molecule has 0 rings (SSSR count). The summed E-state index contributed by atoms with van der Waals surface area (Å²) in [5, 5.41) is 15.0. The number of rotatable bonds is 5. The first-order valence-corrected chi connectivity index (χ1v) is 4.60. The van der Waals surface area contributed by atoms with Gasteiger partial charge in [0.2, 0.25) is 5.91 Å². The molecule has 0 saturated heterocycles. The Morgan fingerprint density at radius 2 is 2.08 bits per heavy atom. The van der Waals surface area contributed by atoms with E-state index in [0.29, 0.717) is 6.54 Å². The average molecular weight is 188 g/mol. The summed E-state index contributed by atoms with van der Waals surface area (Å²) in [4.78, 5) is 11.1. The van der Waals surface area contributed by atoms with E-state index >= 15 is 0 Å². The minimum Gasteiger partial charge on any atom is -0.392 e. The number of carbonyl (C=O) groups is 1. The van der Waals surface area contributed by atoms with Crippen LogP contribution in [-0.4, -0.2) is 35.7 Å². The van der Waals surface area contributed by atoms with Gasteiger partial charge in [-0.1, -0.05) is 0 Å². The normalized spacial score (nSPS) is 13.9. The summed E-state index contributed by atoms with van der Waals surface area (Å²) in [6.07, 6.45) is -0.484. The Labute approximate surface area is 79.7 Å². The molecule has 3 N–H and O–H groups in total. The smallest absolute Gasteiger partial charge is 0.233 e. The number of nitrogens with one attached hydrogen (secondary N) is 2. The van der Waals surface area contributed by atoms with E-state index in [1.807, 2.05) is 20.8 Å². The van der Waals surface area contributed by atoms with Crippen molar-refractivity contribution >= 4 is 5.91 Å². The summed E-state index contributed by atoms with van der Waals surface area (Å²) in [5.74, 6) is -0.0452. The van der Waals surface area contributed by atoms with Gasteiger partial charge in [-0.05, 0) is 27.7 Å². The maximum atomic E-state index is 11.1. The molecule has 1 atom stereocenters. The second-order valence-corrected chi connectivity index (χ2v) is 3.70. The molecule has 0 aliphatic heterocycles. The molecule has 0 radical (unpaired) electrons. The maximum Gasteiger partial charge on any atom is 0.233 e. The van der Waals surface area contributed by atoms with Crippen molar-refractivity contribution in [1.82, 2.24) is 10.6 Å². The van der Waals surface area contributed by atoms with Gasteiger partial charge in [0.05, 0.1) is 12.6 Å². The topological polar surface area (TPSA) is 61.4 Å². The number of hydrogen-bond acceptors (Lipinski definition) is 3. The molecule has 0 aliphatic rings. The number of aliphatic hydroxyl groups is 1. The molecule has 0 aromatic rings. The lowest BCUT2D eigenvalue weighted by Crippen LogP contribution is -2.51. The highest BCUT2D eigenvalue weighted by Gasteiger charge is 2.23. The van der Waals surface area contributed by atoms with Crippen molar-refractivity contribution in [3.8, 4) is 0 Å². The van der Waals surface area contributed by atoms with Crippen LogP contribution in [-0.2, 0) is 4.79 Å². The largest absolute Gasteiger partial charge is 0.392 e. The Morgan fingerprint density at radius 3 is 2.46 bits per heavy atom. The highest BCUT2D eigenvalue weighted by atomic mass is 16.3. The van der Waals surface area contributed by atoms with Crippen molar-refractivity contribution in [2.24, 2.45) is 0 Å². The van der Waals surface area contributed by atoms with Crippen molar-refractivity contribution in [2.45, 2.75) is 39.3 Å². The van der Waals surface area contributed by atoms with E-state index in [1.165, 1.54) is 0 Å². The lowest BCUT2D eigenvalue weighted by atomic mass is 9.99. The molecule has 0 fully saturated rings. The Bertz CT molecular complexity index is 167. The van der Waals surface area contributed by atoms with E-state index in [-0.39, 0.29) is 12.5 Å². The van der Waals surface area contributed by atoms with Crippen molar-refractivity contribution in [3.05, 3.63) is 0 Å². The molecule has 78 valence electrons. The van der Waals surface area contributed by atoms with Crippen LogP contribution >= 0.6 is 0 Å². The van der Waals surface area contributed by atoms with Crippen molar-refractivity contribution < 1.29 is 9.90 Å². The molecule has 0 heterocycles. The van der Waals surface area contributed by atoms with Crippen LogP contribution in [0.15, 0.2) is 0 Å². The van der Waals surface area contributed by atoms with Crippen LogP contribution in [0.3, 0.4) is 0 Å². The SMILES string of the molecule is CCNC(=O)CNC(C)(C)C(C)O. The van der Waals surface area contributed by atoms with Crippen LogP contribution in [0.2, 0.25) is 0 Å². The first-order valence-electron chi connectivity index (χ1n) is 4.60. The van der Waals surface area contributed by atoms with Gasteiger partial charge in [0, 0.05) is 12.1 Å². The molecule has 4 heteroatoms. The summed E-state index contributed by atoms with van der Waals surface area (Å²) in [6.45, 7) is 8.16. The van der Waals surface area contributed by atoms with Gasteiger partial charge in [0.25, 0.3) is 0 Å². The van der Waals surface area contributed by atoms with E-state index < -0.39 is 11.6 Å². The first kappa shape index (κ1) is 12.4. The average Bonchev–Trinajstić information content (AvgIpc) is 2.01. The highest BCUT2D eigenvalue weighted by molar-refractivity contribution is 5.77. The molecule has 0 bridgehead atoms. The number of amides is 1. The second-order valence-electron chi connectivity index (χ2n) is 3.70. The van der Waals surface area contributed by atoms with Gasteiger partial charge in [0.1, 0.15) is 0 Å². The zero-order valence-corrected chi connectivity index (χ0v) is 8.85. The molecule has 0 saturated carbocycles. The molecule has 0 aromatic heterocycles. The third kappa shape index (κ3) is 4.85. The Balaban J connectivity index is 3.81. The second kappa shape index (κ2) is 5.19. The maximum absolute atomic E-state index is 11.1. The van der Waals surface area contributed by atoms with Crippen LogP contribution in [0.5, 0.6) is 0 Å². The van der Waals surface area contributed by atoms with Gasteiger partial charge in [-0.3, -0.25) is 4.79 Å². The lowest BCUT2D eigenvalue weighted by molar-refractivity contribution is -0.120. The van der Waals surface area contributed by atoms with Crippen molar-refractivity contribution in [1.29, 1.82) is 0 Å². The zero-order chi connectivity index (χ0) is 10.5. The molecular formula is C9H20N2O2. The van der Waals surface area contributed by atoms with Crippen molar-refractivity contribution in [2.75, 3.05) is 13.1 Å². The van der Waals surface area contributed by atoms with Gasteiger partial charge in [-0.2, -0.15) is 0 Å². The minimum atomic E-state index is -0.484. The van der Waals surface area contributed by atoms with E-state index in [1.54, 1.807) is 6.92 Å². The minimum absolute atomic E-state index is 0.0452.